The van der Waals surface area contributed by atoms with Crippen molar-refractivity contribution in [3.8, 4) is 5.75 Å². The number of rotatable bonds is 5. The van der Waals surface area contributed by atoms with E-state index in [1.165, 1.54) is 5.56 Å². The first-order valence-corrected chi connectivity index (χ1v) is 7.45. The van der Waals surface area contributed by atoms with Crippen molar-refractivity contribution in [2.24, 2.45) is 5.73 Å². The van der Waals surface area contributed by atoms with Gasteiger partial charge in [-0.3, -0.25) is 4.98 Å². The zero-order valence-electron chi connectivity index (χ0n) is 11.8. The first-order valence-electron chi connectivity index (χ1n) is 6.66. The van der Waals surface area contributed by atoms with E-state index in [2.05, 4.69) is 40.8 Å². The van der Waals surface area contributed by atoms with Gasteiger partial charge >= 0.3 is 0 Å². The normalized spacial score (nSPS) is 10.8. The summed E-state index contributed by atoms with van der Waals surface area (Å²) in [5.41, 5.74) is 8.68. The molecule has 2 aromatic rings. The molecule has 0 fully saturated rings. The van der Waals surface area contributed by atoms with Gasteiger partial charge in [-0.1, -0.05) is 35.8 Å². The molecule has 0 amide bonds. The number of aromatic nitrogens is 1. The number of pyridine rings is 1. The quantitative estimate of drug-likeness (QED) is 0.898. The Balaban J connectivity index is 2.10. The molecule has 0 saturated carbocycles. The SMILES string of the molecule is CC(C)c1cc(Br)ccc1OCc1ccc(CN)cn1. The minimum absolute atomic E-state index is 0.412. The first-order chi connectivity index (χ1) is 9.60. The maximum Gasteiger partial charge on any atom is 0.130 e. The molecule has 0 aliphatic rings. The molecule has 0 bridgehead atoms. The number of nitrogens with zero attached hydrogens (tertiary/aromatic N) is 1. The Morgan fingerprint density at radius 3 is 2.65 bits per heavy atom. The third kappa shape index (κ3) is 3.81. The minimum atomic E-state index is 0.412. The summed E-state index contributed by atoms with van der Waals surface area (Å²) >= 11 is 3.50. The molecule has 1 aromatic heterocycles. The lowest BCUT2D eigenvalue weighted by atomic mass is 10.0. The van der Waals surface area contributed by atoms with Crippen LogP contribution in [0, 0.1) is 0 Å². The third-order valence-electron chi connectivity index (χ3n) is 3.09. The second-order valence-corrected chi connectivity index (χ2v) is 5.90. The van der Waals surface area contributed by atoms with E-state index in [9.17, 15) is 0 Å². The Labute approximate surface area is 128 Å². The summed E-state index contributed by atoms with van der Waals surface area (Å²) < 4.78 is 6.97. The summed E-state index contributed by atoms with van der Waals surface area (Å²) in [6.07, 6.45) is 1.80. The van der Waals surface area contributed by atoms with Gasteiger partial charge in [-0.2, -0.15) is 0 Å². The highest BCUT2D eigenvalue weighted by atomic mass is 79.9. The van der Waals surface area contributed by atoms with E-state index in [1.807, 2.05) is 24.3 Å². The van der Waals surface area contributed by atoms with E-state index in [0.29, 0.717) is 19.1 Å². The summed E-state index contributed by atoms with van der Waals surface area (Å²) in [5, 5.41) is 0. The van der Waals surface area contributed by atoms with Gasteiger partial charge in [0.15, 0.2) is 0 Å². The molecule has 0 aliphatic heterocycles. The van der Waals surface area contributed by atoms with Crippen LogP contribution in [0.15, 0.2) is 41.0 Å². The number of hydrogen-bond acceptors (Lipinski definition) is 3. The molecule has 0 spiro atoms. The number of nitrogens with two attached hydrogens (primary N) is 1. The largest absolute Gasteiger partial charge is 0.487 e. The Morgan fingerprint density at radius 1 is 1.25 bits per heavy atom. The molecule has 1 heterocycles. The second-order valence-electron chi connectivity index (χ2n) is 4.99. The van der Waals surface area contributed by atoms with Gasteiger partial charge in [-0.15, -0.1) is 0 Å². The lowest BCUT2D eigenvalue weighted by Gasteiger charge is -2.14. The van der Waals surface area contributed by atoms with Crippen LogP contribution >= 0.6 is 15.9 Å². The first kappa shape index (κ1) is 15.0. The summed E-state index contributed by atoms with van der Waals surface area (Å²) in [6, 6.07) is 10.0. The van der Waals surface area contributed by atoms with Crippen LogP contribution in [0.3, 0.4) is 0 Å². The van der Waals surface area contributed by atoms with Gasteiger partial charge in [0, 0.05) is 17.2 Å². The standard InChI is InChI=1S/C16H19BrN2O/c1-11(2)15-7-13(17)4-6-16(15)20-10-14-5-3-12(8-18)9-19-14/h3-7,9,11H,8,10,18H2,1-2H3. The molecule has 4 heteroatoms. The summed E-state index contributed by atoms with van der Waals surface area (Å²) in [5.74, 6) is 1.32. The highest BCUT2D eigenvalue weighted by Crippen LogP contribution is 2.29. The van der Waals surface area contributed by atoms with Crippen LogP contribution in [0.25, 0.3) is 0 Å². The Morgan fingerprint density at radius 2 is 2.05 bits per heavy atom. The van der Waals surface area contributed by atoms with Gasteiger partial charge in [0.05, 0.1) is 5.69 Å². The molecule has 106 valence electrons. The zero-order valence-corrected chi connectivity index (χ0v) is 13.4. The minimum Gasteiger partial charge on any atom is -0.487 e. The molecule has 0 unspecified atom stereocenters. The van der Waals surface area contributed by atoms with E-state index in [4.69, 9.17) is 10.5 Å². The van der Waals surface area contributed by atoms with Crippen LogP contribution in [0.1, 0.15) is 36.6 Å². The van der Waals surface area contributed by atoms with Crippen molar-refractivity contribution in [1.29, 1.82) is 0 Å². The van der Waals surface area contributed by atoms with Crippen LogP contribution in [0.2, 0.25) is 0 Å². The summed E-state index contributed by atoms with van der Waals surface area (Å²) in [7, 11) is 0. The van der Waals surface area contributed by atoms with Crippen LogP contribution in [0.5, 0.6) is 5.75 Å². The van der Waals surface area contributed by atoms with Gasteiger partial charge in [0.25, 0.3) is 0 Å². The van der Waals surface area contributed by atoms with E-state index >= 15 is 0 Å². The summed E-state index contributed by atoms with van der Waals surface area (Å²) in [4.78, 5) is 4.34. The topological polar surface area (TPSA) is 48.1 Å². The van der Waals surface area contributed by atoms with Gasteiger partial charge in [-0.25, -0.2) is 0 Å². The number of hydrogen-bond donors (Lipinski definition) is 1. The number of ether oxygens (including phenoxy) is 1. The Hall–Kier alpha value is -1.39. The van der Waals surface area contributed by atoms with E-state index in [-0.39, 0.29) is 0 Å². The van der Waals surface area contributed by atoms with Crippen molar-refractivity contribution in [2.45, 2.75) is 32.9 Å². The van der Waals surface area contributed by atoms with Crippen molar-refractivity contribution in [3.05, 3.63) is 57.8 Å². The molecular weight excluding hydrogens is 316 g/mol. The van der Waals surface area contributed by atoms with Crippen LogP contribution in [-0.2, 0) is 13.2 Å². The van der Waals surface area contributed by atoms with Gasteiger partial charge < -0.3 is 10.5 Å². The van der Waals surface area contributed by atoms with Crippen LogP contribution in [0.4, 0.5) is 0 Å². The average molecular weight is 335 g/mol. The van der Waals surface area contributed by atoms with Gasteiger partial charge in [0.1, 0.15) is 12.4 Å². The Kier molecular flexibility index (Phi) is 5.15. The second kappa shape index (κ2) is 6.86. The molecule has 2 N–H and O–H groups in total. The smallest absolute Gasteiger partial charge is 0.130 e. The highest BCUT2D eigenvalue weighted by Gasteiger charge is 2.09. The van der Waals surface area contributed by atoms with Crippen molar-refractivity contribution in [3.63, 3.8) is 0 Å². The maximum atomic E-state index is 5.90. The van der Waals surface area contributed by atoms with Crippen molar-refractivity contribution < 1.29 is 4.74 Å². The summed E-state index contributed by atoms with van der Waals surface area (Å²) in [6.45, 7) is 5.29. The third-order valence-corrected chi connectivity index (χ3v) is 3.58. The van der Waals surface area contributed by atoms with Gasteiger partial charge in [-0.05, 0) is 41.3 Å². The van der Waals surface area contributed by atoms with Crippen molar-refractivity contribution >= 4 is 15.9 Å². The predicted octanol–water partition coefficient (Wildman–Crippen LogP) is 4.01. The molecule has 0 saturated heterocycles. The Bertz CT molecular complexity index is 567. The fraction of sp³-hybridized carbons (Fsp3) is 0.312. The fourth-order valence-electron chi connectivity index (χ4n) is 1.91. The highest BCUT2D eigenvalue weighted by molar-refractivity contribution is 9.10. The van der Waals surface area contributed by atoms with E-state index in [1.54, 1.807) is 6.20 Å². The molecule has 2 rings (SSSR count). The lowest BCUT2D eigenvalue weighted by molar-refractivity contribution is 0.297. The van der Waals surface area contributed by atoms with Gasteiger partial charge in [0.2, 0.25) is 0 Å². The number of halogens is 1. The number of benzene rings is 1. The maximum absolute atomic E-state index is 5.90. The van der Waals surface area contributed by atoms with Crippen LogP contribution < -0.4 is 10.5 Å². The average Bonchev–Trinajstić information content (AvgIpc) is 2.46. The molecule has 1 aromatic carbocycles. The lowest BCUT2D eigenvalue weighted by Crippen LogP contribution is -2.03. The van der Waals surface area contributed by atoms with Crippen molar-refractivity contribution in [1.82, 2.24) is 4.98 Å². The van der Waals surface area contributed by atoms with E-state index < -0.39 is 0 Å². The molecule has 0 aliphatic carbocycles. The molecular formula is C16H19BrN2O. The molecule has 0 radical (unpaired) electrons. The molecule has 20 heavy (non-hydrogen) atoms. The fourth-order valence-corrected chi connectivity index (χ4v) is 2.29. The van der Waals surface area contributed by atoms with E-state index in [0.717, 1.165) is 21.5 Å². The van der Waals surface area contributed by atoms with Crippen molar-refractivity contribution in [2.75, 3.05) is 0 Å². The van der Waals surface area contributed by atoms with Crippen LogP contribution in [-0.4, -0.2) is 4.98 Å². The molecule has 0 atom stereocenters. The monoisotopic (exact) mass is 334 g/mol. The molecule has 3 nitrogen and oxygen atoms in total. The zero-order chi connectivity index (χ0) is 14.5. The predicted molar refractivity (Wildman–Crippen MR) is 84.7 cm³/mol.